The van der Waals surface area contributed by atoms with E-state index < -0.39 is 0 Å². The van der Waals surface area contributed by atoms with E-state index in [4.69, 9.17) is 0 Å². The molecular formula is C22H19FN2OS. The number of carbonyl (C=O) groups is 1. The lowest BCUT2D eigenvalue weighted by Gasteiger charge is -2.16. The number of H-pyrrole nitrogens is 1. The smallest absolute Gasteiger partial charge is 0.251 e. The number of nitrogens with one attached hydrogen (secondary N) is 2. The second kappa shape index (κ2) is 7.37. The number of amides is 1. The number of hydrogen-bond acceptors (Lipinski definition) is 2. The van der Waals surface area contributed by atoms with Gasteiger partial charge in [-0.05, 0) is 47.7 Å². The van der Waals surface area contributed by atoms with Crippen molar-refractivity contribution in [2.45, 2.75) is 12.8 Å². The highest BCUT2D eigenvalue weighted by Crippen LogP contribution is 2.32. The molecule has 2 heterocycles. The van der Waals surface area contributed by atoms with Crippen LogP contribution in [0.25, 0.3) is 10.9 Å². The van der Waals surface area contributed by atoms with E-state index in [9.17, 15) is 9.18 Å². The minimum atomic E-state index is -0.367. The monoisotopic (exact) mass is 378 g/mol. The summed E-state index contributed by atoms with van der Waals surface area (Å²) in [6.45, 7) is 2.12. The lowest BCUT2D eigenvalue weighted by atomic mass is 9.96. The topological polar surface area (TPSA) is 44.9 Å². The highest BCUT2D eigenvalue weighted by molar-refractivity contribution is 7.10. The maximum absolute atomic E-state index is 13.8. The Balaban J connectivity index is 1.61. The molecule has 2 aromatic carbocycles. The third kappa shape index (κ3) is 3.51. The summed E-state index contributed by atoms with van der Waals surface area (Å²) in [5, 5.41) is 6.16. The van der Waals surface area contributed by atoms with Gasteiger partial charge in [0.2, 0.25) is 0 Å². The van der Waals surface area contributed by atoms with Crippen molar-refractivity contribution in [3.05, 3.63) is 93.6 Å². The summed E-state index contributed by atoms with van der Waals surface area (Å²) in [6, 6.07) is 16.8. The SMILES string of the molecule is Cc1ccc(C(=O)NCC(c2cccs2)c2c[nH]c3ccccc23)cc1F. The van der Waals surface area contributed by atoms with E-state index in [0.717, 1.165) is 16.5 Å². The number of fused-ring (bicyclic) bond motifs is 1. The number of benzene rings is 2. The van der Waals surface area contributed by atoms with Crippen molar-refractivity contribution in [3.8, 4) is 0 Å². The number of halogens is 1. The van der Waals surface area contributed by atoms with Gasteiger partial charge >= 0.3 is 0 Å². The quantitative estimate of drug-likeness (QED) is 0.490. The normalized spacial score (nSPS) is 12.2. The highest BCUT2D eigenvalue weighted by atomic mass is 32.1. The van der Waals surface area contributed by atoms with E-state index in [1.165, 1.54) is 10.9 Å². The van der Waals surface area contributed by atoms with Crippen LogP contribution in [0.1, 0.15) is 32.3 Å². The summed E-state index contributed by atoms with van der Waals surface area (Å²) in [4.78, 5) is 17.0. The molecule has 0 aliphatic carbocycles. The zero-order chi connectivity index (χ0) is 18.8. The Hall–Kier alpha value is -2.92. The van der Waals surface area contributed by atoms with E-state index >= 15 is 0 Å². The summed E-state index contributed by atoms with van der Waals surface area (Å²) >= 11 is 1.66. The van der Waals surface area contributed by atoms with Gasteiger partial charge in [-0.15, -0.1) is 11.3 Å². The van der Waals surface area contributed by atoms with Gasteiger partial charge in [0.1, 0.15) is 5.82 Å². The molecule has 4 aromatic rings. The van der Waals surface area contributed by atoms with Crippen molar-refractivity contribution >= 4 is 28.1 Å². The predicted octanol–water partition coefficient (Wildman–Crippen LogP) is 5.24. The molecule has 0 bridgehead atoms. The van der Waals surface area contributed by atoms with Gasteiger partial charge in [0.15, 0.2) is 0 Å². The number of para-hydroxylation sites is 1. The summed E-state index contributed by atoms with van der Waals surface area (Å²) in [7, 11) is 0. The molecule has 0 radical (unpaired) electrons. The largest absolute Gasteiger partial charge is 0.361 e. The lowest BCUT2D eigenvalue weighted by molar-refractivity contribution is 0.0952. The second-order valence-corrected chi connectivity index (χ2v) is 7.51. The van der Waals surface area contributed by atoms with Gasteiger partial charge in [0, 0.05) is 40.0 Å². The van der Waals surface area contributed by atoms with Gasteiger partial charge in [0.05, 0.1) is 0 Å². The van der Waals surface area contributed by atoms with Crippen LogP contribution in [-0.4, -0.2) is 17.4 Å². The summed E-state index contributed by atoms with van der Waals surface area (Å²) in [5.74, 6) is -0.607. The second-order valence-electron chi connectivity index (χ2n) is 6.53. The molecule has 1 amide bonds. The number of aromatic amines is 1. The van der Waals surface area contributed by atoms with E-state index in [-0.39, 0.29) is 17.6 Å². The van der Waals surface area contributed by atoms with Gasteiger partial charge in [0.25, 0.3) is 5.91 Å². The Bertz CT molecular complexity index is 1080. The molecule has 4 rings (SSSR count). The van der Waals surface area contributed by atoms with E-state index in [1.54, 1.807) is 30.4 Å². The predicted molar refractivity (Wildman–Crippen MR) is 108 cm³/mol. The van der Waals surface area contributed by atoms with Crippen LogP contribution < -0.4 is 5.32 Å². The molecule has 0 aliphatic heterocycles. The molecule has 27 heavy (non-hydrogen) atoms. The lowest BCUT2D eigenvalue weighted by Crippen LogP contribution is -2.28. The fourth-order valence-electron chi connectivity index (χ4n) is 3.27. The third-order valence-electron chi connectivity index (χ3n) is 4.78. The standard InChI is InChI=1S/C22H19FN2OS/c1-14-8-9-15(11-19(14)23)22(26)25-13-18(21-7-4-10-27-21)17-12-24-20-6-3-2-5-16(17)20/h2-12,18,24H,13H2,1H3,(H,25,26). The number of aryl methyl sites for hydroxylation is 1. The van der Waals surface area contributed by atoms with Crippen molar-refractivity contribution < 1.29 is 9.18 Å². The summed E-state index contributed by atoms with van der Waals surface area (Å²) < 4.78 is 13.8. The first-order chi connectivity index (χ1) is 13.1. The molecule has 2 N–H and O–H groups in total. The molecule has 3 nitrogen and oxygen atoms in total. The van der Waals surface area contributed by atoms with E-state index in [0.29, 0.717) is 17.7 Å². The average Bonchev–Trinajstić information content (AvgIpc) is 3.35. The van der Waals surface area contributed by atoms with Crippen LogP contribution in [0.5, 0.6) is 0 Å². The Labute approximate surface area is 160 Å². The average molecular weight is 378 g/mol. The van der Waals surface area contributed by atoms with Crippen LogP contribution in [-0.2, 0) is 0 Å². The Morgan fingerprint density at radius 3 is 2.81 bits per heavy atom. The van der Waals surface area contributed by atoms with Gasteiger partial charge in [-0.2, -0.15) is 0 Å². The van der Waals surface area contributed by atoms with Gasteiger partial charge in [-0.1, -0.05) is 30.3 Å². The van der Waals surface area contributed by atoms with Crippen LogP contribution in [0.15, 0.2) is 66.2 Å². The van der Waals surface area contributed by atoms with Crippen molar-refractivity contribution in [2.24, 2.45) is 0 Å². The van der Waals surface area contributed by atoms with Crippen molar-refractivity contribution in [3.63, 3.8) is 0 Å². The van der Waals surface area contributed by atoms with E-state index in [1.807, 2.05) is 35.8 Å². The fourth-order valence-corrected chi connectivity index (χ4v) is 4.11. The fraction of sp³-hybridized carbons (Fsp3) is 0.136. The summed E-state index contributed by atoms with van der Waals surface area (Å²) in [6.07, 6.45) is 2.01. The molecular weight excluding hydrogens is 359 g/mol. The molecule has 0 saturated carbocycles. The number of hydrogen-bond donors (Lipinski definition) is 2. The maximum Gasteiger partial charge on any atom is 0.251 e. The van der Waals surface area contributed by atoms with Gasteiger partial charge in [-0.25, -0.2) is 4.39 Å². The molecule has 0 fully saturated rings. The third-order valence-corrected chi connectivity index (χ3v) is 5.77. The molecule has 0 aliphatic rings. The molecule has 0 spiro atoms. The van der Waals surface area contributed by atoms with Crippen molar-refractivity contribution in [2.75, 3.05) is 6.54 Å². The minimum absolute atomic E-state index is 0.0281. The molecule has 5 heteroatoms. The number of rotatable bonds is 5. The maximum atomic E-state index is 13.8. The highest BCUT2D eigenvalue weighted by Gasteiger charge is 2.20. The number of carbonyl (C=O) groups excluding carboxylic acids is 1. The first-order valence-corrected chi connectivity index (χ1v) is 9.65. The van der Waals surface area contributed by atoms with Crippen LogP contribution in [0, 0.1) is 12.7 Å². The molecule has 0 saturated heterocycles. The Morgan fingerprint density at radius 2 is 2.04 bits per heavy atom. The first-order valence-electron chi connectivity index (χ1n) is 8.77. The van der Waals surface area contributed by atoms with Crippen LogP contribution in [0.3, 0.4) is 0 Å². The van der Waals surface area contributed by atoms with E-state index in [2.05, 4.69) is 22.4 Å². The Morgan fingerprint density at radius 1 is 1.19 bits per heavy atom. The summed E-state index contributed by atoms with van der Waals surface area (Å²) in [5.41, 5.74) is 3.08. The number of aromatic nitrogens is 1. The molecule has 1 atom stereocenters. The Kier molecular flexibility index (Phi) is 4.77. The molecule has 1 unspecified atom stereocenters. The zero-order valence-electron chi connectivity index (χ0n) is 14.8. The number of thiophene rings is 1. The van der Waals surface area contributed by atoms with Crippen LogP contribution >= 0.6 is 11.3 Å². The van der Waals surface area contributed by atoms with Crippen molar-refractivity contribution in [1.29, 1.82) is 0 Å². The van der Waals surface area contributed by atoms with Crippen molar-refractivity contribution in [1.82, 2.24) is 10.3 Å². The van der Waals surface area contributed by atoms with Gasteiger partial charge < -0.3 is 10.3 Å². The molecule has 2 aromatic heterocycles. The zero-order valence-corrected chi connectivity index (χ0v) is 15.6. The first kappa shape index (κ1) is 17.5. The van der Waals surface area contributed by atoms with Gasteiger partial charge in [-0.3, -0.25) is 4.79 Å². The van der Waals surface area contributed by atoms with Crippen LogP contribution in [0.4, 0.5) is 4.39 Å². The minimum Gasteiger partial charge on any atom is -0.361 e. The molecule has 136 valence electrons. The van der Waals surface area contributed by atoms with Crippen LogP contribution in [0.2, 0.25) is 0 Å².